The van der Waals surface area contributed by atoms with Crippen LogP contribution in [0.15, 0.2) is 77.3 Å². The number of hydrogen-bond donors (Lipinski definition) is 2. The van der Waals surface area contributed by atoms with Crippen molar-refractivity contribution in [1.29, 1.82) is 5.26 Å². The first kappa shape index (κ1) is 24.8. The molecule has 1 fully saturated rings. The molecule has 0 saturated heterocycles. The number of rotatable bonds is 7. The zero-order valence-electron chi connectivity index (χ0n) is 20.9. The number of carboxylic acids is 1. The minimum atomic E-state index is -0.769. The van der Waals surface area contributed by atoms with Gasteiger partial charge in [0.25, 0.3) is 0 Å². The predicted octanol–water partition coefficient (Wildman–Crippen LogP) is 6.61. The van der Waals surface area contributed by atoms with Crippen LogP contribution in [0.5, 0.6) is 0 Å². The molecule has 0 bridgehead atoms. The zero-order chi connectivity index (χ0) is 26.9. The number of carbonyl (C=O) groups excluding carboxylic acids is 1. The summed E-state index contributed by atoms with van der Waals surface area (Å²) in [6.45, 7) is 3.48. The lowest BCUT2D eigenvalue weighted by Crippen LogP contribution is -2.19. The van der Waals surface area contributed by atoms with Gasteiger partial charge in [0.2, 0.25) is 0 Å². The summed E-state index contributed by atoms with van der Waals surface area (Å²) in [4.78, 5) is 24.2. The summed E-state index contributed by atoms with van der Waals surface area (Å²) in [5.74, 6) is -0.363. The average molecular weight is 508 g/mol. The molecule has 1 amide bonds. The summed E-state index contributed by atoms with van der Waals surface area (Å²) in [6, 6.07) is 24.2. The number of anilines is 1. The number of carbonyl (C=O) groups is 2. The molecular formula is C30H25N3O5. The second kappa shape index (κ2) is 9.87. The molecule has 0 radical (unpaired) electrons. The second-order valence-electron chi connectivity index (χ2n) is 9.42. The summed E-state index contributed by atoms with van der Waals surface area (Å²) < 4.78 is 11.0. The Hall–Kier alpha value is -4.90. The molecule has 1 aliphatic carbocycles. The van der Waals surface area contributed by atoms with Crippen molar-refractivity contribution < 1.29 is 24.0 Å². The van der Waals surface area contributed by atoms with Crippen LogP contribution in [0.4, 0.5) is 10.5 Å². The van der Waals surface area contributed by atoms with Crippen LogP contribution in [0, 0.1) is 18.3 Å². The van der Waals surface area contributed by atoms with Crippen molar-refractivity contribution in [3.63, 3.8) is 0 Å². The van der Waals surface area contributed by atoms with Gasteiger partial charge in [-0.05, 0) is 61.1 Å². The number of nitriles is 1. The van der Waals surface area contributed by atoms with E-state index in [4.69, 9.17) is 14.5 Å². The third kappa shape index (κ3) is 4.74. The number of aromatic nitrogens is 1. The number of aliphatic carboxylic acids is 1. The molecule has 1 heterocycles. The van der Waals surface area contributed by atoms with Gasteiger partial charge in [0, 0.05) is 5.56 Å². The van der Waals surface area contributed by atoms with Crippen LogP contribution >= 0.6 is 0 Å². The van der Waals surface area contributed by atoms with Gasteiger partial charge in [0.05, 0.1) is 17.0 Å². The highest BCUT2D eigenvalue weighted by Gasteiger charge is 2.51. The van der Waals surface area contributed by atoms with Crippen LogP contribution in [0.2, 0.25) is 0 Å². The Balaban J connectivity index is 1.29. The van der Waals surface area contributed by atoms with Gasteiger partial charge < -0.3 is 14.4 Å². The molecule has 190 valence electrons. The molecular weight excluding hydrogens is 482 g/mol. The van der Waals surface area contributed by atoms with Crippen LogP contribution in [0.1, 0.15) is 48.3 Å². The molecule has 5 rings (SSSR count). The van der Waals surface area contributed by atoms with Crippen LogP contribution in [0.3, 0.4) is 0 Å². The van der Waals surface area contributed by atoms with Gasteiger partial charge in [-0.3, -0.25) is 10.1 Å². The molecule has 8 nitrogen and oxygen atoms in total. The monoisotopic (exact) mass is 507 g/mol. The summed E-state index contributed by atoms with van der Waals surface area (Å²) >= 11 is 0. The van der Waals surface area contributed by atoms with Crippen molar-refractivity contribution in [3.05, 3.63) is 95.2 Å². The van der Waals surface area contributed by atoms with E-state index in [1.807, 2.05) is 48.5 Å². The zero-order valence-corrected chi connectivity index (χ0v) is 20.9. The van der Waals surface area contributed by atoms with Gasteiger partial charge in [-0.15, -0.1) is 0 Å². The number of benzene rings is 3. The lowest BCUT2D eigenvalue weighted by molar-refractivity contribution is -0.140. The Morgan fingerprint density at radius 3 is 2.13 bits per heavy atom. The largest absolute Gasteiger partial charge is 0.481 e. The topological polar surface area (TPSA) is 125 Å². The Kier molecular flexibility index (Phi) is 6.43. The van der Waals surface area contributed by atoms with Gasteiger partial charge in [0.1, 0.15) is 17.5 Å². The minimum absolute atomic E-state index is 0.407. The number of nitrogens with one attached hydrogen (secondary N) is 1. The number of carboxylic acid groups (broad SMARTS) is 1. The summed E-state index contributed by atoms with van der Waals surface area (Å²) in [7, 11) is 0. The number of amides is 1. The smallest absolute Gasteiger partial charge is 0.412 e. The number of aryl methyl sites for hydroxylation is 1. The fraction of sp³-hybridized carbons (Fsp3) is 0.200. The van der Waals surface area contributed by atoms with Crippen molar-refractivity contribution in [2.75, 3.05) is 5.32 Å². The molecule has 0 spiro atoms. The standard InChI is InChI=1S/C30H25N3O5/c1-18-26(32-29(36)37-19(2)21-5-3-20(17-31)4-6-21)27(38-33-18)24-9-7-22(8-10-24)23-11-13-25(14-12-23)30(15-16-30)28(34)35/h3-14,19H,15-16H2,1-2H3,(H,32,36)(H,34,35). The lowest BCUT2D eigenvalue weighted by Gasteiger charge is -2.14. The Labute approximate surface area is 219 Å². The molecule has 1 atom stereocenters. The van der Waals surface area contributed by atoms with Crippen LogP contribution in [-0.2, 0) is 14.9 Å². The SMILES string of the molecule is Cc1noc(-c2ccc(-c3ccc(C4(C(=O)O)CC4)cc3)cc2)c1NC(=O)OC(C)c1ccc(C#N)cc1. The number of hydrogen-bond acceptors (Lipinski definition) is 6. The van der Waals surface area contributed by atoms with Crippen molar-refractivity contribution >= 4 is 17.7 Å². The van der Waals surface area contributed by atoms with Crippen molar-refractivity contribution in [3.8, 4) is 28.5 Å². The summed E-state index contributed by atoms with van der Waals surface area (Å²) in [5.41, 5.74) is 4.98. The van der Waals surface area contributed by atoms with E-state index >= 15 is 0 Å². The van der Waals surface area contributed by atoms with E-state index < -0.39 is 23.6 Å². The second-order valence-corrected chi connectivity index (χ2v) is 9.42. The first-order valence-electron chi connectivity index (χ1n) is 12.2. The fourth-order valence-electron chi connectivity index (χ4n) is 4.45. The Morgan fingerprint density at radius 1 is 1.00 bits per heavy atom. The van der Waals surface area contributed by atoms with Gasteiger partial charge in [-0.1, -0.05) is 65.8 Å². The van der Waals surface area contributed by atoms with E-state index in [9.17, 15) is 14.7 Å². The predicted molar refractivity (Wildman–Crippen MR) is 140 cm³/mol. The molecule has 38 heavy (non-hydrogen) atoms. The highest BCUT2D eigenvalue weighted by atomic mass is 16.6. The number of ether oxygens (including phenoxy) is 1. The minimum Gasteiger partial charge on any atom is -0.481 e. The quantitative estimate of drug-likeness (QED) is 0.288. The van der Waals surface area contributed by atoms with E-state index in [0.717, 1.165) is 27.8 Å². The van der Waals surface area contributed by atoms with E-state index in [0.29, 0.717) is 35.5 Å². The molecule has 1 aliphatic rings. The highest BCUT2D eigenvalue weighted by Crippen LogP contribution is 2.48. The van der Waals surface area contributed by atoms with Gasteiger partial charge in [-0.25, -0.2) is 4.79 Å². The molecule has 3 aromatic carbocycles. The molecule has 1 saturated carbocycles. The van der Waals surface area contributed by atoms with Gasteiger partial charge in [0.15, 0.2) is 5.76 Å². The van der Waals surface area contributed by atoms with Crippen molar-refractivity contribution in [2.45, 2.75) is 38.2 Å². The van der Waals surface area contributed by atoms with E-state index in [1.54, 1.807) is 38.1 Å². The van der Waals surface area contributed by atoms with Crippen molar-refractivity contribution in [1.82, 2.24) is 5.16 Å². The first-order valence-corrected chi connectivity index (χ1v) is 12.2. The van der Waals surface area contributed by atoms with E-state index in [-0.39, 0.29) is 0 Å². The third-order valence-corrected chi connectivity index (χ3v) is 6.96. The van der Waals surface area contributed by atoms with Crippen LogP contribution in [0.25, 0.3) is 22.5 Å². The molecule has 2 N–H and O–H groups in total. The normalized spacial score (nSPS) is 14.2. The third-order valence-electron chi connectivity index (χ3n) is 6.96. The maximum atomic E-state index is 12.6. The summed E-state index contributed by atoms with van der Waals surface area (Å²) in [5, 5.41) is 25.2. The van der Waals surface area contributed by atoms with E-state index in [1.165, 1.54) is 0 Å². The van der Waals surface area contributed by atoms with Gasteiger partial charge in [-0.2, -0.15) is 5.26 Å². The van der Waals surface area contributed by atoms with Crippen LogP contribution < -0.4 is 5.32 Å². The Morgan fingerprint density at radius 2 is 1.58 bits per heavy atom. The molecule has 8 heteroatoms. The molecule has 4 aromatic rings. The van der Waals surface area contributed by atoms with Crippen molar-refractivity contribution in [2.24, 2.45) is 0 Å². The summed E-state index contributed by atoms with van der Waals surface area (Å²) in [6.07, 6.45) is 0.166. The maximum Gasteiger partial charge on any atom is 0.412 e. The maximum absolute atomic E-state index is 12.6. The lowest BCUT2D eigenvalue weighted by atomic mass is 9.93. The number of nitrogens with zero attached hydrogens (tertiary/aromatic N) is 2. The molecule has 1 aromatic heterocycles. The average Bonchev–Trinajstić information content (AvgIpc) is 3.68. The fourth-order valence-corrected chi connectivity index (χ4v) is 4.45. The molecule has 1 unspecified atom stereocenters. The van der Waals surface area contributed by atoms with E-state index in [2.05, 4.69) is 16.5 Å². The molecule has 0 aliphatic heterocycles. The van der Waals surface area contributed by atoms with Crippen LogP contribution in [-0.4, -0.2) is 22.3 Å². The van der Waals surface area contributed by atoms with Gasteiger partial charge >= 0.3 is 12.1 Å². The Bertz CT molecular complexity index is 1530. The highest BCUT2D eigenvalue weighted by molar-refractivity contribution is 5.91. The first-order chi connectivity index (χ1) is 18.3.